The van der Waals surface area contributed by atoms with Crippen molar-refractivity contribution < 1.29 is 27.2 Å². The summed E-state index contributed by atoms with van der Waals surface area (Å²) in [5, 5.41) is 18.2. The van der Waals surface area contributed by atoms with Gasteiger partial charge in [0.15, 0.2) is 5.13 Å². The maximum Gasteiger partial charge on any atom is 0.419 e. The van der Waals surface area contributed by atoms with Crippen molar-refractivity contribution in [3.63, 3.8) is 0 Å². The number of amides is 3. The number of hydrogen-bond donors (Lipinski definition) is 3. The van der Waals surface area contributed by atoms with Crippen molar-refractivity contribution in [1.29, 1.82) is 0 Å². The lowest BCUT2D eigenvalue weighted by atomic mass is 9.84. The number of rotatable bonds is 7. The number of aromatic amines is 1. The Hall–Kier alpha value is -4.92. The Morgan fingerprint density at radius 2 is 1.71 bits per heavy atom. The van der Waals surface area contributed by atoms with Gasteiger partial charge in [0, 0.05) is 17.3 Å². The van der Waals surface area contributed by atoms with E-state index in [0.29, 0.717) is 34.9 Å². The molecule has 0 aliphatic heterocycles. The second-order valence-corrected chi connectivity index (χ2v) is 11.7. The van der Waals surface area contributed by atoms with E-state index in [1.165, 1.54) is 29.7 Å². The van der Waals surface area contributed by atoms with E-state index in [2.05, 4.69) is 36.2 Å². The van der Waals surface area contributed by atoms with Crippen molar-refractivity contribution in [2.45, 2.75) is 50.7 Å². The molecule has 45 heavy (non-hydrogen) atoms. The van der Waals surface area contributed by atoms with Gasteiger partial charge in [-0.3, -0.25) is 20.3 Å². The van der Waals surface area contributed by atoms with Crippen LogP contribution in [0.1, 0.15) is 65.1 Å². The van der Waals surface area contributed by atoms with Crippen LogP contribution in [0.15, 0.2) is 60.7 Å². The number of urea groups is 1. The van der Waals surface area contributed by atoms with Gasteiger partial charge in [-0.1, -0.05) is 60.0 Å². The molecule has 15 heteroatoms. The normalized spacial score (nSPS) is 14.0. The Morgan fingerprint density at radius 1 is 0.978 bits per heavy atom. The van der Waals surface area contributed by atoms with E-state index in [-0.39, 0.29) is 27.8 Å². The number of tetrazole rings is 1. The quantitative estimate of drug-likeness (QED) is 0.158. The number of aromatic nitrogens is 5. The number of fused-ring (bicyclic) bond motifs is 1. The van der Waals surface area contributed by atoms with Crippen LogP contribution in [-0.2, 0) is 12.7 Å². The number of carbonyl (C=O) groups is 2. The average molecular weight is 639 g/mol. The highest BCUT2D eigenvalue weighted by Crippen LogP contribution is 2.37. The fourth-order valence-electron chi connectivity index (χ4n) is 5.35. The zero-order chi connectivity index (χ0) is 31.6. The van der Waals surface area contributed by atoms with Gasteiger partial charge in [0.05, 0.1) is 22.3 Å². The minimum absolute atomic E-state index is 0.00105. The van der Waals surface area contributed by atoms with Crippen LogP contribution in [0.4, 0.5) is 39.1 Å². The van der Waals surface area contributed by atoms with E-state index in [4.69, 9.17) is 0 Å². The number of thiazole rings is 1. The highest BCUT2D eigenvalue weighted by Gasteiger charge is 2.35. The molecule has 3 amide bonds. The summed E-state index contributed by atoms with van der Waals surface area (Å²) < 4.78 is 53.9. The second-order valence-electron chi connectivity index (χ2n) is 10.6. The van der Waals surface area contributed by atoms with E-state index in [9.17, 15) is 27.2 Å². The van der Waals surface area contributed by atoms with E-state index in [0.717, 1.165) is 24.2 Å². The van der Waals surface area contributed by atoms with Gasteiger partial charge in [-0.25, -0.2) is 14.2 Å². The Kier molecular flexibility index (Phi) is 8.43. The van der Waals surface area contributed by atoms with Crippen LogP contribution in [-0.4, -0.2) is 37.5 Å². The van der Waals surface area contributed by atoms with Gasteiger partial charge in [0.1, 0.15) is 5.82 Å². The van der Waals surface area contributed by atoms with Crippen molar-refractivity contribution >= 4 is 50.3 Å². The lowest BCUT2D eigenvalue weighted by molar-refractivity contribution is -0.139. The lowest BCUT2D eigenvalue weighted by Crippen LogP contribution is -2.34. The first-order valence-electron chi connectivity index (χ1n) is 14.1. The van der Waals surface area contributed by atoms with E-state index in [1.54, 1.807) is 24.3 Å². The molecule has 0 atom stereocenters. The molecule has 6 rings (SSSR count). The van der Waals surface area contributed by atoms with Gasteiger partial charge in [-0.15, -0.1) is 5.10 Å². The van der Waals surface area contributed by atoms with E-state index < -0.39 is 29.5 Å². The van der Waals surface area contributed by atoms with Gasteiger partial charge < -0.3 is 0 Å². The number of anilines is 3. The summed E-state index contributed by atoms with van der Waals surface area (Å²) in [4.78, 5) is 31.8. The first kappa shape index (κ1) is 30.1. The minimum atomic E-state index is -4.87. The average Bonchev–Trinajstić information content (AvgIpc) is 3.69. The fourth-order valence-corrected chi connectivity index (χ4v) is 6.23. The second kappa shape index (κ2) is 12.6. The smallest absolute Gasteiger partial charge is 0.290 e. The Morgan fingerprint density at radius 3 is 2.38 bits per heavy atom. The maximum atomic E-state index is 14.1. The first-order valence-corrected chi connectivity index (χ1v) is 15.0. The summed E-state index contributed by atoms with van der Waals surface area (Å²) >= 11 is 0.813. The van der Waals surface area contributed by atoms with Gasteiger partial charge in [0.25, 0.3) is 11.9 Å². The number of alkyl halides is 3. The van der Waals surface area contributed by atoms with Gasteiger partial charge >= 0.3 is 12.2 Å². The predicted molar refractivity (Wildman–Crippen MR) is 161 cm³/mol. The third-order valence-corrected chi connectivity index (χ3v) is 8.58. The molecule has 0 spiro atoms. The summed E-state index contributed by atoms with van der Waals surface area (Å²) in [5.74, 6) is -1.40. The molecule has 2 heterocycles. The monoisotopic (exact) mass is 638 g/mol. The summed E-state index contributed by atoms with van der Waals surface area (Å²) in [5.41, 5.74) is 1.40. The molecular formula is C30H26F4N8O2S. The minimum Gasteiger partial charge on any atom is -0.290 e. The molecule has 1 aliphatic rings. The Balaban J connectivity index is 1.25. The Labute approximate surface area is 257 Å². The molecule has 0 unspecified atom stereocenters. The third-order valence-electron chi connectivity index (χ3n) is 7.65. The van der Waals surface area contributed by atoms with Crippen LogP contribution in [0, 0.1) is 5.82 Å². The van der Waals surface area contributed by atoms with Crippen molar-refractivity contribution in [1.82, 2.24) is 25.6 Å². The fraction of sp³-hybridized carbons (Fsp3) is 0.267. The van der Waals surface area contributed by atoms with Crippen LogP contribution in [0.2, 0.25) is 0 Å². The molecular weight excluding hydrogens is 612 g/mol. The molecule has 3 N–H and O–H groups in total. The Bertz CT molecular complexity index is 1800. The van der Waals surface area contributed by atoms with E-state index >= 15 is 0 Å². The van der Waals surface area contributed by atoms with Crippen molar-refractivity contribution in [2.24, 2.45) is 0 Å². The van der Waals surface area contributed by atoms with Crippen molar-refractivity contribution in [2.75, 3.05) is 15.5 Å². The zero-order valence-corrected chi connectivity index (χ0v) is 24.4. The molecule has 2 aromatic heterocycles. The van der Waals surface area contributed by atoms with Gasteiger partial charge in [0.2, 0.25) is 0 Å². The predicted octanol–water partition coefficient (Wildman–Crippen LogP) is 7.51. The van der Waals surface area contributed by atoms with Crippen LogP contribution < -0.4 is 15.5 Å². The van der Waals surface area contributed by atoms with Crippen molar-refractivity contribution in [3.05, 3.63) is 88.7 Å². The summed E-state index contributed by atoms with van der Waals surface area (Å²) in [6.07, 6.45) is 0.960. The SMILES string of the molecule is O=C(Nc1nn[nH]n1)c1ccc(CN(C(=O)Nc2nc3cc(F)c(C(F)(F)F)cc3s2)c2ccc(C3CCCCC3)cc2)cc1. The largest absolute Gasteiger partial charge is 0.419 e. The first-order chi connectivity index (χ1) is 21.6. The number of nitrogens with zero attached hydrogens (tertiary/aromatic N) is 5. The molecule has 1 fully saturated rings. The molecule has 0 radical (unpaired) electrons. The van der Waals surface area contributed by atoms with Gasteiger partial charge in [-0.05, 0) is 65.4 Å². The summed E-state index contributed by atoms with van der Waals surface area (Å²) in [6, 6.07) is 15.1. The summed E-state index contributed by atoms with van der Waals surface area (Å²) in [7, 11) is 0. The standard InChI is InChI=1S/C30H26F4N8O2S/c31-23-15-24-25(14-22(23)30(32,33)34)45-28(35-24)37-29(44)42(21-12-10-19(11-13-21)18-4-2-1-3-5-18)16-17-6-8-20(9-7-17)26(43)36-27-38-40-41-39-27/h6-15,18H,1-5,16H2,(H,35,37,44)(H2,36,38,39,40,41,43). The molecule has 1 saturated carbocycles. The molecule has 232 valence electrons. The number of carbonyl (C=O) groups excluding carboxylic acids is 2. The topological polar surface area (TPSA) is 129 Å². The molecule has 0 bridgehead atoms. The molecule has 1 aliphatic carbocycles. The molecule has 0 saturated heterocycles. The zero-order valence-electron chi connectivity index (χ0n) is 23.6. The van der Waals surface area contributed by atoms with Crippen LogP contribution in [0.5, 0.6) is 0 Å². The lowest BCUT2D eigenvalue weighted by Gasteiger charge is -2.25. The highest BCUT2D eigenvalue weighted by molar-refractivity contribution is 7.22. The number of benzene rings is 3. The van der Waals surface area contributed by atoms with Gasteiger partial charge in [-0.2, -0.15) is 18.4 Å². The number of hydrogen-bond acceptors (Lipinski definition) is 7. The van der Waals surface area contributed by atoms with Crippen molar-refractivity contribution in [3.8, 4) is 0 Å². The van der Waals surface area contributed by atoms with Crippen LogP contribution in [0.3, 0.4) is 0 Å². The number of nitrogens with one attached hydrogen (secondary N) is 3. The highest BCUT2D eigenvalue weighted by atomic mass is 32.1. The van der Waals surface area contributed by atoms with Crippen LogP contribution >= 0.6 is 11.3 Å². The molecule has 3 aromatic carbocycles. The number of H-pyrrole nitrogens is 1. The van der Waals surface area contributed by atoms with Crippen LogP contribution in [0.25, 0.3) is 10.2 Å². The molecule has 10 nitrogen and oxygen atoms in total. The third kappa shape index (κ3) is 6.93. The maximum absolute atomic E-state index is 14.1. The number of halogens is 4. The molecule has 5 aromatic rings. The van der Waals surface area contributed by atoms with E-state index in [1.807, 2.05) is 24.3 Å². The summed E-state index contributed by atoms with van der Waals surface area (Å²) in [6.45, 7) is 0.0963.